The molecule has 0 heterocycles. The summed E-state index contributed by atoms with van der Waals surface area (Å²) in [6.45, 7) is 6.28. The summed E-state index contributed by atoms with van der Waals surface area (Å²) in [5.74, 6) is -0.988. The molecule has 420 valence electrons. The fourth-order valence-electron chi connectivity index (χ4n) is 7.57. The van der Waals surface area contributed by atoms with Crippen LogP contribution in [-0.2, 0) is 28.6 Å². The first-order valence-electron chi connectivity index (χ1n) is 30.0. The van der Waals surface area contributed by atoms with Crippen LogP contribution in [0.5, 0.6) is 0 Å². The Morgan fingerprint density at radius 1 is 0.280 bits per heavy atom. The highest BCUT2D eigenvalue weighted by Gasteiger charge is 2.19. The number of unbranched alkanes of at least 4 members (excludes halogenated alkanes) is 15. The molecule has 0 aliphatic carbocycles. The zero-order valence-electron chi connectivity index (χ0n) is 48.0. The van der Waals surface area contributed by atoms with E-state index in [4.69, 9.17) is 14.2 Å². The molecule has 0 saturated heterocycles. The van der Waals surface area contributed by atoms with Gasteiger partial charge in [-0.1, -0.05) is 237 Å². The van der Waals surface area contributed by atoms with Crippen LogP contribution in [0.2, 0.25) is 0 Å². The van der Waals surface area contributed by atoms with E-state index in [1.807, 2.05) is 0 Å². The smallest absolute Gasteiger partial charge is 0.306 e. The van der Waals surface area contributed by atoms with Crippen molar-refractivity contribution in [2.24, 2.45) is 0 Å². The summed E-state index contributed by atoms with van der Waals surface area (Å²) in [5.41, 5.74) is 0. The van der Waals surface area contributed by atoms with Crippen molar-refractivity contribution in [2.75, 3.05) is 13.2 Å². The van der Waals surface area contributed by atoms with Gasteiger partial charge in [0.15, 0.2) is 6.10 Å². The van der Waals surface area contributed by atoms with E-state index >= 15 is 0 Å². The van der Waals surface area contributed by atoms with Gasteiger partial charge < -0.3 is 14.2 Å². The molecule has 0 amide bonds. The quantitative estimate of drug-likeness (QED) is 0.0261. The fraction of sp³-hybridized carbons (Fsp3) is 0.580. The summed E-state index contributed by atoms with van der Waals surface area (Å²) in [7, 11) is 0. The van der Waals surface area contributed by atoms with E-state index in [2.05, 4.69) is 179 Å². The fourth-order valence-corrected chi connectivity index (χ4v) is 7.57. The van der Waals surface area contributed by atoms with E-state index in [0.29, 0.717) is 19.3 Å². The first-order valence-corrected chi connectivity index (χ1v) is 30.0. The molecule has 0 aliphatic rings. The summed E-state index contributed by atoms with van der Waals surface area (Å²) in [5, 5.41) is 0. The van der Waals surface area contributed by atoms with Crippen molar-refractivity contribution in [3.05, 3.63) is 158 Å². The van der Waals surface area contributed by atoms with Crippen LogP contribution in [0, 0.1) is 0 Å². The Morgan fingerprint density at radius 2 is 0.520 bits per heavy atom. The van der Waals surface area contributed by atoms with Crippen molar-refractivity contribution in [2.45, 2.75) is 245 Å². The maximum absolute atomic E-state index is 12.9. The maximum Gasteiger partial charge on any atom is 0.306 e. The Labute approximate surface area is 460 Å². The van der Waals surface area contributed by atoms with Gasteiger partial charge in [-0.3, -0.25) is 14.4 Å². The lowest BCUT2D eigenvalue weighted by atomic mass is 10.1. The summed E-state index contributed by atoms with van der Waals surface area (Å²) in [4.78, 5) is 38.2. The number of esters is 3. The molecule has 0 radical (unpaired) electrons. The van der Waals surface area contributed by atoms with Crippen molar-refractivity contribution in [3.8, 4) is 0 Å². The van der Waals surface area contributed by atoms with E-state index in [1.165, 1.54) is 32.1 Å². The van der Waals surface area contributed by atoms with Gasteiger partial charge in [0.1, 0.15) is 13.2 Å². The lowest BCUT2D eigenvalue weighted by Crippen LogP contribution is -2.30. The Hall–Kier alpha value is -4.97. The van der Waals surface area contributed by atoms with Gasteiger partial charge in [-0.15, -0.1) is 0 Å². The molecule has 0 aromatic heterocycles. The minimum atomic E-state index is -0.821. The monoisotopic (exact) mass is 1030 g/mol. The minimum Gasteiger partial charge on any atom is -0.462 e. The zero-order valence-corrected chi connectivity index (χ0v) is 48.0. The summed E-state index contributed by atoms with van der Waals surface area (Å²) in [6, 6.07) is 0. The van der Waals surface area contributed by atoms with Crippen molar-refractivity contribution in [3.63, 3.8) is 0 Å². The molecular weight excluding hydrogens is 925 g/mol. The molecule has 0 bridgehead atoms. The van der Waals surface area contributed by atoms with Gasteiger partial charge in [0.2, 0.25) is 0 Å². The predicted molar refractivity (Wildman–Crippen MR) is 325 cm³/mol. The second kappa shape index (κ2) is 61.6. The summed E-state index contributed by atoms with van der Waals surface area (Å²) in [6.07, 6.45) is 89.5. The molecule has 6 heteroatoms. The van der Waals surface area contributed by atoms with Crippen molar-refractivity contribution in [1.82, 2.24) is 0 Å². The average molecular weight is 1030 g/mol. The zero-order chi connectivity index (χ0) is 54.3. The second-order valence-corrected chi connectivity index (χ2v) is 19.1. The molecule has 0 fully saturated rings. The molecule has 0 aliphatic heterocycles. The Balaban J connectivity index is 4.50. The van der Waals surface area contributed by atoms with Crippen LogP contribution >= 0.6 is 0 Å². The van der Waals surface area contributed by atoms with E-state index in [9.17, 15) is 14.4 Å². The largest absolute Gasteiger partial charge is 0.462 e. The SMILES string of the molecule is CC/C=C\C/C=C\C/C=C\C/C=C\C/C=C\C/C=C\CCCCC(=O)OC(COC(=O)CCCCCCC/C=C\C/C=C\CCC)COC(=O)CCCCCCCCC/C=C\C/C=C\C/C=C\C/C=C\C/C=C\CC. The average Bonchev–Trinajstić information content (AvgIpc) is 3.41. The highest BCUT2D eigenvalue weighted by atomic mass is 16.6. The number of carbonyl (C=O) groups excluding carboxylic acids is 3. The van der Waals surface area contributed by atoms with Gasteiger partial charge in [0, 0.05) is 19.3 Å². The molecule has 1 atom stereocenters. The molecule has 1 unspecified atom stereocenters. The molecule has 0 rings (SSSR count). The van der Waals surface area contributed by atoms with Crippen LogP contribution in [0.1, 0.15) is 239 Å². The van der Waals surface area contributed by atoms with Gasteiger partial charge in [0.05, 0.1) is 0 Å². The van der Waals surface area contributed by atoms with Gasteiger partial charge in [-0.2, -0.15) is 0 Å². The third-order valence-corrected chi connectivity index (χ3v) is 12.0. The van der Waals surface area contributed by atoms with Crippen molar-refractivity contribution >= 4 is 17.9 Å². The van der Waals surface area contributed by atoms with Crippen LogP contribution in [0.3, 0.4) is 0 Å². The summed E-state index contributed by atoms with van der Waals surface area (Å²) < 4.78 is 16.8. The van der Waals surface area contributed by atoms with E-state index < -0.39 is 6.10 Å². The standard InChI is InChI=1S/C69H108O6/c1-4-7-10-13-16-19-22-25-27-29-31-33-34-36-37-39-41-44-47-50-53-56-59-62-68(71)74-65-66(64-73-67(70)61-58-55-52-49-46-43-24-21-18-15-12-9-6-3)75-69(72)63-60-57-54-51-48-45-42-40-38-35-32-30-28-26-23-20-17-14-11-8-5-2/h7-8,10-12,15-17,19-21,24-28,31-33,35-37,40,42,48,51,66H,4-6,9,13-14,18,22-23,29-30,34,38-39,41,43-47,49-50,52-65H2,1-3H3/b10-7-,11-8-,15-12-,19-16-,20-17-,24-21-,27-25-,28-26-,33-31-,35-32-,37-36-,42-40-,51-48-. The molecule has 6 nitrogen and oxygen atoms in total. The molecule has 0 saturated carbocycles. The van der Waals surface area contributed by atoms with Crippen LogP contribution < -0.4 is 0 Å². The first-order chi connectivity index (χ1) is 37.0. The topological polar surface area (TPSA) is 78.9 Å². The molecule has 0 aromatic rings. The van der Waals surface area contributed by atoms with Crippen molar-refractivity contribution in [1.29, 1.82) is 0 Å². The Bertz CT molecular complexity index is 1710. The summed E-state index contributed by atoms with van der Waals surface area (Å²) >= 11 is 0. The van der Waals surface area contributed by atoms with Gasteiger partial charge >= 0.3 is 17.9 Å². The third kappa shape index (κ3) is 59.8. The molecule has 0 spiro atoms. The number of rotatable bonds is 52. The molecule has 75 heavy (non-hydrogen) atoms. The number of ether oxygens (including phenoxy) is 3. The van der Waals surface area contributed by atoms with Gasteiger partial charge in [0.25, 0.3) is 0 Å². The molecular formula is C69H108O6. The van der Waals surface area contributed by atoms with Crippen LogP contribution in [0.15, 0.2) is 158 Å². The maximum atomic E-state index is 12.9. The predicted octanol–water partition coefficient (Wildman–Crippen LogP) is 20.5. The van der Waals surface area contributed by atoms with Gasteiger partial charge in [-0.25, -0.2) is 0 Å². The van der Waals surface area contributed by atoms with Gasteiger partial charge in [-0.05, 0) is 141 Å². The van der Waals surface area contributed by atoms with Crippen molar-refractivity contribution < 1.29 is 28.6 Å². The number of allylic oxidation sites excluding steroid dienone is 26. The Kier molecular flexibility index (Phi) is 57.5. The lowest BCUT2D eigenvalue weighted by molar-refractivity contribution is -0.167. The minimum absolute atomic E-state index is 0.113. The third-order valence-electron chi connectivity index (χ3n) is 12.0. The molecule has 0 N–H and O–H groups in total. The van der Waals surface area contributed by atoms with E-state index in [-0.39, 0.29) is 37.5 Å². The lowest BCUT2D eigenvalue weighted by Gasteiger charge is -2.18. The number of hydrogen-bond donors (Lipinski definition) is 0. The number of hydrogen-bond acceptors (Lipinski definition) is 6. The van der Waals surface area contributed by atoms with Crippen LogP contribution in [0.25, 0.3) is 0 Å². The highest BCUT2D eigenvalue weighted by Crippen LogP contribution is 2.13. The highest BCUT2D eigenvalue weighted by molar-refractivity contribution is 5.71. The second-order valence-electron chi connectivity index (χ2n) is 19.1. The van der Waals surface area contributed by atoms with Crippen LogP contribution in [0.4, 0.5) is 0 Å². The van der Waals surface area contributed by atoms with E-state index in [1.54, 1.807) is 0 Å². The number of carbonyl (C=O) groups is 3. The first kappa shape index (κ1) is 70.0. The Morgan fingerprint density at radius 3 is 0.840 bits per heavy atom. The normalized spacial score (nSPS) is 13.3. The molecule has 0 aromatic carbocycles. The van der Waals surface area contributed by atoms with E-state index in [0.717, 1.165) is 161 Å². The van der Waals surface area contributed by atoms with Crippen LogP contribution in [-0.4, -0.2) is 37.2 Å².